The number of hydrogen-bond acceptors (Lipinski definition) is 5. The molecule has 0 saturated carbocycles. The van der Waals surface area contributed by atoms with Crippen LogP contribution in [0.3, 0.4) is 0 Å². The summed E-state index contributed by atoms with van der Waals surface area (Å²) >= 11 is 0. The van der Waals surface area contributed by atoms with Gasteiger partial charge in [0, 0.05) is 26.1 Å². The number of nitrogens with zero attached hydrogens (tertiary/aromatic N) is 5. The Bertz CT molecular complexity index is 1160. The summed E-state index contributed by atoms with van der Waals surface area (Å²) in [5.74, 6) is -0.172. The van der Waals surface area contributed by atoms with E-state index in [1.165, 1.54) is 0 Å². The molecule has 3 aromatic rings. The highest BCUT2D eigenvalue weighted by Gasteiger charge is 2.47. The number of morpholine rings is 1. The van der Waals surface area contributed by atoms with E-state index in [1.807, 2.05) is 66.7 Å². The number of rotatable bonds is 4. The maximum atomic E-state index is 13.6. The highest BCUT2D eigenvalue weighted by molar-refractivity contribution is 5.88. The van der Waals surface area contributed by atoms with Crippen LogP contribution < -0.4 is 0 Å². The highest BCUT2D eigenvalue weighted by Crippen LogP contribution is 2.28. The van der Waals surface area contributed by atoms with Gasteiger partial charge in [0.2, 0.25) is 5.91 Å². The van der Waals surface area contributed by atoms with Crippen molar-refractivity contribution in [3.05, 3.63) is 72.3 Å². The SMILES string of the molecule is O=C(Cn1nnc2ccccc21)N1CCO[C@]2(CC=CCN(Cc3ccccc3)C2=O)C1. The Morgan fingerprint density at radius 2 is 1.88 bits per heavy atom. The van der Waals surface area contributed by atoms with E-state index in [0.717, 1.165) is 16.6 Å². The van der Waals surface area contributed by atoms with Gasteiger partial charge in [-0.25, -0.2) is 4.68 Å². The summed E-state index contributed by atoms with van der Waals surface area (Å²) in [6.07, 6.45) is 4.44. The first-order chi connectivity index (χ1) is 15.6. The first-order valence-corrected chi connectivity index (χ1v) is 10.8. The maximum Gasteiger partial charge on any atom is 0.257 e. The van der Waals surface area contributed by atoms with Gasteiger partial charge in [0.25, 0.3) is 5.91 Å². The smallest absolute Gasteiger partial charge is 0.257 e. The number of hydrogen-bond donors (Lipinski definition) is 0. The summed E-state index contributed by atoms with van der Waals surface area (Å²) in [5, 5.41) is 8.25. The third-order valence-corrected chi connectivity index (χ3v) is 6.08. The first kappa shape index (κ1) is 20.4. The molecule has 1 aromatic heterocycles. The van der Waals surface area contributed by atoms with Crippen LogP contribution in [0, 0.1) is 0 Å². The van der Waals surface area contributed by atoms with Crippen LogP contribution in [-0.4, -0.2) is 68.5 Å². The largest absolute Gasteiger partial charge is 0.361 e. The minimum absolute atomic E-state index is 0.0740. The number of carbonyl (C=O) groups is 2. The van der Waals surface area contributed by atoms with Gasteiger partial charge >= 0.3 is 0 Å². The molecule has 1 spiro atoms. The van der Waals surface area contributed by atoms with Crippen molar-refractivity contribution in [1.82, 2.24) is 24.8 Å². The Morgan fingerprint density at radius 1 is 1.06 bits per heavy atom. The molecule has 5 rings (SSSR count). The molecule has 1 saturated heterocycles. The van der Waals surface area contributed by atoms with E-state index in [1.54, 1.807) is 14.5 Å². The topological polar surface area (TPSA) is 80.6 Å². The molecule has 3 heterocycles. The molecule has 1 atom stereocenters. The van der Waals surface area contributed by atoms with Crippen molar-refractivity contribution in [3.63, 3.8) is 0 Å². The zero-order chi connectivity index (χ0) is 22.0. The second-order valence-electron chi connectivity index (χ2n) is 8.24. The highest BCUT2D eigenvalue weighted by atomic mass is 16.5. The maximum absolute atomic E-state index is 13.6. The molecule has 0 unspecified atom stereocenters. The van der Waals surface area contributed by atoms with Gasteiger partial charge in [-0.2, -0.15) is 0 Å². The van der Waals surface area contributed by atoms with E-state index < -0.39 is 5.60 Å². The van der Waals surface area contributed by atoms with Crippen molar-refractivity contribution in [2.75, 3.05) is 26.2 Å². The van der Waals surface area contributed by atoms with Gasteiger partial charge in [-0.15, -0.1) is 5.10 Å². The average Bonchev–Trinajstić information content (AvgIpc) is 3.18. The van der Waals surface area contributed by atoms with Crippen molar-refractivity contribution in [1.29, 1.82) is 0 Å². The van der Waals surface area contributed by atoms with E-state index in [-0.39, 0.29) is 24.9 Å². The predicted molar refractivity (Wildman–Crippen MR) is 118 cm³/mol. The van der Waals surface area contributed by atoms with Crippen LogP contribution in [0.2, 0.25) is 0 Å². The molecule has 0 aliphatic carbocycles. The second kappa shape index (κ2) is 8.55. The lowest BCUT2D eigenvalue weighted by Gasteiger charge is -2.42. The van der Waals surface area contributed by atoms with Crippen LogP contribution in [0.4, 0.5) is 0 Å². The van der Waals surface area contributed by atoms with Crippen molar-refractivity contribution < 1.29 is 14.3 Å². The van der Waals surface area contributed by atoms with Crippen molar-refractivity contribution >= 4 is 22.8 Å². The quantitative estimate of drug-likeness (QED) is 0.591. The Labute approximate surface area is 186 Å². The van der Waals surface area contributed by atoms with Crippen LogP contribution in [-0.2, 0) is 27.4 Å². The Balaban J connectivity index is 1.33. The summed E-state index contributed by atoms with van der Waals surface area (Å²) in [5.41, 5.74) is 1.57. The number of amides is 2. The van der Waals surface area contributed by atoms with Crippen molar-refractivity contribution in [2.24, 2.45) is 0 Å². The Kier molecular flexibility index (Phi) is 5.45. The molecule has 2 aliphatic heterocycles. The number of benzene rings is 2. The number of fused-ring (bicyclic) bond motifs is 1. The number of ether oxygens (including phenoxy) is 1. The van der Waals surface area contributed by atoms with Crippen LogP contribution in [0.25, 0.3) is 11.0 Å². The summed E-state index contributed by atoms with van der Waals surface area (Å²) in [6, 6.07) is 17.5. The summed E-state index contributed by atoms with van der Waals surface area (Å²) in [4.78, 5) is 30.2. The van der Waals surface area contributed by atoms with Gasteiger partial charge in [0.15, 0.2) is 5.60 Å². The molecule has 2 amide bonds. The van der Waals surface area contributed by atoms with E-state index in [9.17, 15) is 9.59 Å². The van der Waals surface area contributed by atoms with Crippen molar-refractivity contribution in [3.8, 4) is 0 Å². The average molecular weight is 431 g/mol. The van der Waals surface area contributed by atoms with Crippen LogP contribution >= 0.6 is 0 Å². The molecule has 32 heavy (non-hydrogen) atoms. The normalized spacial score (nSPS) is 21.3. The molecule has 2 aliphatic rings. The molecule has 1 fully saturated rings. The van der Waals surface area contributed by atoms with Gasteiger partial charge < -0.3 is 14.5 Å². The fraction of sp³-hybridized carbons (Fsp3) is 0.333. The summed E-state index contributed by atoms with van der Waals surface area (Å²) in [7, 11) is 0. The fourth-order valence-corrected chi connectivity index (χ4v) is 4.39. The fourth-order valence-electron chi connectivity index (χ4n) is 4.39. The molecule has 0 N–H and O–H groups in total. The molecule has 8 heteroatoms. The van der Waals surface area contributed by atoms with Crippen LogP contribution in [0.1, 0.15) is 12.0 Å². The number of para-hydroxylation sites is 1. The third-order valence-electron chi connectivity index (χ3n) is 6.08. The molecule has 8 nitrogen and oxygen atoms in total. The third kappa shape index (κ3) is 3.89. The van der Waals surface area contributed by atoms with E-state index >= 15 is 0 Å². The Hall–Kier alpha value is -3.52. The zero-order valence-corrected chi connectivity index (χ0v) is 17.8. The number of carbonyl (C=O) groups excluding carboxylic acids is 2. The monoisotopic (exact) mass is 431 g/mol. The van der Waals surface area contributed by atoms with Gasteiger partial charge in [-0.1, -0.05) is 59.8 Å². The summed E-state index contributed by atoms with van der Waals surface area (Å²) in [6.45, 7) is 2.11. The van der Waals surface area contributed by atoms with E-state index in [4.69, 9.17) is 4.74 Å². The molecular formula is C24H25N5O3. The minimum atomic E-state index is -1.06. The zero-order valence-electron chi connectivity index (χ0n) is 17.8. The lowest BCUT2D eigenvalue weighted by atomic mass is 9.95. The van der Waals surface area contributed by atoms with Gasteiger partial charge in [0.05, 0.1) is 18.7 Å². The molecular weight excluding hydrogens is 406 g/mol. The van der Waals surface area contributed by atoms with Crippen LogP contribution in [0.15, 0.2) is 66.7 Å². The van der Waals surface area contributed by atoms with Crippen LogP contribution in [0.5, 0.6) is 0 Å². The lowest BCUT2D eigenvalue weighted by molar-refractivity contribution is -0.173. The molecule has 0 bridgehead atoms. The van der Waals surface area contributed by atoms with Gasteiger partial charge in [-0.3, -0.25) is 9.59 Å². The van der Waals surface area contributed by atoms with Gasteiger partial charge in [-0.05, 0) is 17.7 Å². The van der Waals surface area contributed by atoms with Gasteiger partial charge in [0.1, 0.15) is 12.1 Å². The first-order valence-electron chi connectivity index (χ1n) is 10.8. The molecule has 2 aromatic carbocycles. The Morgan fingerprint density at radius 3 is 2.75 bits per heavy atom. The molecule has 164 valence electrons. The summed E-state index contributed by atoms with van der Waals surface area (Å²) < 4.78 is 7.69. The van der Waals surface area contributed by atoms with E-state index in [0.29, 0.717) is 32.7 Å². The molecule has 0 radical (unpaired) electrons. The van der Waals surface area contributed by atoms with Crippen molar-refractivity contribution in [2.45, 2.75) is 25.1 Å². The standard InChI is InChI=1S/C24H25N5O3/c30-22(17-29-21-11-5-4-10-20(21)25-26-29)28-14-15-32-24(18-28)12-6-7-13-27(23(24)31)16-19-8-2-1-3-9-19/h1-11H,12-18H2/t24-/m1/s1. The minimum Gasteiger partial charge on any atom is -0.361 e. The predicted octanol–water partition coefficient (Wildman–Crippen LogP) is 2.02. The van der Waals surface area contributed by atoms with E-state index in [2.05, 4.69) is 10.3 Å². The number of aromatic nitrogens is 3. The second-order valence-corrected chi connectivity index (χ2v) is 8.24. The lowest BCUT2D eigenvalue weighted by Crippen LogP contribution is -2.61.